The molecule has 0 radical (unpaired) electrons. The third kappa shape index (κ3) is 3.89. The van der Waals surface area contributed by atoms with Crippen molar-refractivity contribution < 1.29 is 9.69 Å². The molecule has 1 aliphatic rings. The van der Waals surface area contributed by atoms with Gasteiger partial charge >= 0.3 is 0 Å². The number of quaternary nitrogens is 1. The Kier molecular flexibility index (Phi) is 5.38. The number of rotatable bonds is 4. The SMILES string of the molecule is C[NH+]1CCN(c2ccccc2NC(=O)[C@H](Cl)c2ccccc2)CC1. The van der Waals surface area contributed by atoms with Crippen LogP contribution in [0.1, 0.15) is 10.9 Å². The first-order valence-electron chi connectivity index (χ1n) is 8.30. The van der Waals surface area contributed by atoms with Crippen molar-refractivity contribution in [2.45, 2.75) is 5.38 Å². The number of carbonyl (C=O) groups is 1. The number of benzene rings is 2. The molecule has 24 heavy (non-hydrogen) atoms. The molecule has 0 unspecified atom stereocenters. The molecular formula is C19H23ClN3O+. The summed E-state index contributed by atoms with van der Waals surface area (Å²) in [6.45, 7) is 4.18. The Hall–Kier alpha value is -2.04. The first-order chi connectivity index (χ1) is 11.6. The molecule has 0 aromatic heterocycles. The van der Waals surface area contributed by atoms with Crippen LogP contribution in [-0.4, -0.2) is 39.1 Å². The zero-order valence-electron chi connectivity index (χ0n) is 13.8. The fourth-order valence-corrected chi connectivity index (χ4v) is 3.15. The van der Waals surface area contributed by atoms with Gasteiger partial charge in [0.05, 0.1) is 44.6 Å². The Bertz CT molecular complexity index is 684. The summed E-state index contributed by atoms with van der Waals surface area (Å²) >= 11 is 6.33. The summed E-state index contributed by atoms with van der Waals surface area (Å²) in [5.41, 5.74) is 2.69. The summed E-state index contributed by atoms with van der Waals surface area (Å²) in [6, 6.07) is 17.4. The number of amides is 1. The summed E-state index contributed by atoms with van der Waals surface area (Å²) in [6.07, 6.45) is 0. The molecule has 1 saturated heterocycles. The quantitative estimate of drug-likeness (QED) is 0.832. The maximum absolute atomic E-state index is 12.5. The average Bonchev–Trinajstić information content (AvgIpc) is 2.63. The Morgan fingerprint density at radius 2 is 1.71 bits per heavy atom. The monoisotopic (exact) mass is 344 g/mol. The van der Waals surface area contributed by atoms with Gasteiger partial charge in [0.15, 0.2) is 0 Å². The Labute approximate surface area is 148 Å². The molecule has 126 valence electrons. The molecule has 5 heteroatoms. The second kappa shape index (κ2) is 7.69. The molecule has 1 fully saturated rings. The second-order valence-electron chi connectivity index (χ2n) is 6.22. The predicted octanol–water partition coefficient (Wildman–Crippen LogP) is 1.94. The first kappa shape index (κ1) is 16.8. The maximum atomic E-state index is 12.5. The van der Waals surface area contributed by atoms with Gasteiger partial charge in [-0.1, -0.05) is 42.5 Å². The van der Waals surface area contributed by atoms with E-state index in [0.717, 1.165) is 43.1 Å². The summed E-state index contributed by atoms with van der Waals surface area (Å²) in [5.74, 6) is -0.199. The van der Waals surface area contributed by atoms with Gasteiger partial charge in [-0.25, -0.2) is 0 Å². The number of para-hydroxylation sites is 2. The third-order valence-electron chi connectivity index (χ3n) is 4.44. The van der Waals surface area contributed by atoms with Crippen LogP contribution in [-0.2, 0) is 4.79 Å². The van der Waals surface area contributed by atoms with Crippen LogP contribution in [0.5, 0.6) is 0 Å². The van der Waals surface area contributed by atoms with Crippen LogP contribution < -0.4 is 15.1 Å². The molecule has 4 nitrogen and oxygen atoms in total. The average molecular weight is 345 g/mol. The fourth-order valence-electron chi connectivity index (χ4n) is 2.95. The van der Waals surface area contributed by atoms with Crippen molar-refractivity contribution in [2.24, 2.45) is 0 Å². The van der Waals surface area contributed by atoms with E-state index in [9.17, 15) is 4.79 Å². The molecule has 1 amide bonds. The number of carbonyl (C=O) groups excluding carboxylic acids is 1. The minimum atomic E-state index is -0.698. The minimum Gasteiger partial charge on any atom is -0.359 e. The molecule has 1 aliphatic heterocycles. The van der Waals surface area contributed by atoms with E-state index in [1.165, 1.54) is 4.90 Å². The van der Waals surface area contributed by atoms with Gasteiger partial charge in [-0.15, -0.1) is 11.6 Å². The summed E-state index contributed by atoms with van der Waals surface area (Å²) in [4.78, 5) is 16.4. The number of hydrogen-bond acceptors (Lipinski definition) is 2. The lowest BCUT2D eigenvalue weighted by Gasteiger charge is -2.33. The van der Waals surface area contributed by atoms with Crippen molar-refractivity contribution in [2.75, 3.05) is 43.4 Å². The number of piperazine rings is 1. The topological polar surface area (TPSA) is 36.8 Å². The highest BCUT2D eigenvalue weighted by molar-refractivity contribution is 6.32. The van der Waals surface area contributed by atoms with E-state index in [2.05, 4.69) is 23.3 Å². The van der Waals surface area contributed by atoms with Gasteiger partial charge in [0, 0.05) is 0 Å². The van der Waals surface area contributed by atoms with Gasteiger partial charge in [0.1, 0.15) is 5.38 Å². The Balaban J connectivity index is 1.74. The number of hydrogen-bond donors (Lipinski definition) is 2. The smallest absolute Gasteiger partial charge is 0.247 e. The molecule has 3 rings (SSSR count). The van der Waals surface area contributed by atoms with E-state index in [-0.39, 0.29) is 5.91 Å². The van der Waals surface area contributed by atoms with Crippen molar-refractivity contribution in [3.05, 3.63) is 60.2 Å². The van der Waals surface area contributed by atoms with Crippen LogP contribution >= 0.6 is 11.6 Å². The van der Waals surface area contributed by atoms with Crippen LogP contribution in [0.15, 0.2) is 54.6 Å². The molecule has 1 heterocycles. The van der Waals surface area contributed by atoms with E-state index in [0.29, 0.717) is 0 Å². The molecule has 0 aliphatic carbocycles. The summed E-state index contributed by atoms with van der Waals surface area (Å²) in [5, 5.41) is 2.30. The standard InChI is InChI=1S/C19H22ClN3O/c1-22-11-13-23(14-12-22)17-10-6-5-9-16(17)21-19(24)18(20)15-7-3-2-4-8-15/h2-10,18H,11-14H2,1H3,(H,21,24)/p+1/t18-/m1/s1. The Morgan fingerprint density at radius 3 is 2.42 bits per heavy atom. The molecule has 1 atom stereocenters. The van der Waals surface area contributed by atoms with Crippen LogP contribution in [0.25, 0.3) is 0 Å². The molecule has 0 bridgehead atoms. The predicted molar refractivity (Wildman–Crippen MR) is 98.9 cm³/mol. The van der Waals surface area contributed by atoms with Crippen molar-refractivity contribution in [3.63, 3.8) is 0 Å². The second-order valence-corrected chi connectivity index (χ2v) is 6.66. The zero-order valence-corrected chi connectivity index (χ0v) is 14.6. The van der Waals surface area contributed by atoms with E-state index in [4.69, 9.17) is 11.6 Å². The first-order valence-corrected chi connectivity index (χ1v) is 8.74. The molecule has 2 N–H and O–H groups in total. The van der Waals surface area contributed by atoms with E-state index in [1.807, 2.05) is 48.5 Å². The lowest BCUT2D eigenvalue weighted by molar-refractivity contribution is -0.880. The summed E-state index contributed by atoms with van der Waals surface area (Å²) < 4.78 is 0. The number of anilines is 2. The van der Waals surface area contributed by atoms with Crippen LogP contribution in [0.4, 0.5) is 11.4 Å². The largest absolute Gasteiger partial charge is 0.359 e. The van der Waals surface area contributed by atoms with Gasteiger partial charge in [-0.05, 0) is 17.7 Å². The maximum Gasteiger partial charge on any atom is 0.247 e. The normalized spacial score (nSPS) is 16.7. The number of nitrogens with zero attached hydrogens (tertiary/aromatic N) is 1. The van der Waals surface area contributed by atoms with E-state index >= 15 is 0 Å². The lowest BCUT2D eigenvalue weighted by Crippen LogP contribution is -3.12. The fraction of sp³-hybridized carbons (Fsp3) is 0.316. The Morgan fingerprint density at radius 1 is 1.08 bits per heavy atom. The van der Waals surface area contributed by atoms with Crippen LogP contribution in [0.2, 0.25) is 0 Å². The molecule has 0 spiro atoms. The van der Waals surface area contributed by atoms with Gasteiger partial charge in [0.25, 0.3) is 0 Å². The lowest BCUT2D eigenvalue weighted by atomic mass is 10.1. The highest BCUT2D eigenvalue weighted by atomic mass is 35.5. The van der Waals surface area contributed by atoms with Gasteiger partial charge < -0.3 is 15.1 Å². The third-order valence-corrected chi connectivity index (χ3v) is 4.89. The van der Waals surface area contributed by atoms with Gasteiger partial charge in [0.2, 0.25) is 5.91 Å². The minimum absolute atomic E-state index is 0.199. The molecule has 2 aromatic carbocycles. The molecular weight excluding hydrogens is 322 g/mol. The number of halogens is 1. The highest BCUT2D eigenvalue weighted by Gasteiger charge is 2.22. The molecule has 0 saturated carbocycles. The van der Waals surface area contributed by atoms with Crippen molar-refractivity contribution in [1.29, 1.82) is 0 Å². The van der Waals surface area contributed by atoms with E-state index < -0.39 is 5.38 Å². The molecule has 2 aromatic rings. The number of alkyl halides is 1. The zero-order chi connectivity index (χ0) is 16.9. The van der Waals surface area contributed by atoms with E-state index in [1.54, 1.807) is 0 Å². The van der Waals surface area contributed by atoms with Crippen LogP contribution in [0.3, 0.4) is 0 Å². The van der Waals surface area contributed by atoms with Gasteiger partial charge in [-0.2, -0.15) is 0 Å². The van der Waals surface area contributed by atoms with Crippen LogP contribution in [0, 0.1) is 0 Å². The van der Waals surface area contributed by atoms with Crippen molar-refractivity contribution >= 4 is 28.9 Å². The van der Waals surface area contributed by atoms with Crippen molar-refractivity contribution in [1.82, 2.24) is 0 Å². The van der Waals surface area contributed by atoms with Crippen molar-refractivity contribution in [3.8, 4) is 0 Å². The van der Waals surface area contributed by atoms with Gasteiger partial charge in [-0.3, -0.25) is 4.79 Å². The summed E-state index contributed by atoms with van der Waals surface area (Å²) in [7, 11) is 2.21. The number of likely N-dealkylation sites (N-methyl/N-ethyl adjacent to an activating group) is 1. The number of nitrogens with one attached hydrogen (secondary N) is 2. The highest BCUT2D eigenvalue weighted by Crippen LogP contribution is 2.28.